The normalized spacial score (nSPS) is 18.8. The van der Waals surface area contributed by atoms with Gasteiger partial charge in [0.1, 0.15) is 0 Å². The van der Waals surface area contributed by atoms with Gasteiger partial charge in [-0.15, -0.1) is 0 Å². The summed E-state index contributed by atoms with van der Waals surface area (Å²) in [6.45, 7) is 0.351. The Morgan fingerprint density at radius 1 is 1.19 bits per heavy atom. The Kier molecular flexibility index (Phi) is 11.6. The minimum Gasteiger partial charge on any atom is -0.550 e. The van der Waals surface area contributed by atoms with Crippen LogP contribution < -0.4 is 56.5 Å². The maximum Gasteiger partial charge on any atom is 1.00 e. The number of carbonyl (C=O) groups excluding carboxylic acids is 2. The zero-order valence-electron chi connectivity index (χ0n) is 15.5. The Hall–Kier alpha value is -0.504. The van der Waals surface area contributed by atoms with Crippen molar-refractivity contribution in [2.75, 3.05) is 13.2 Å². The molecule has 1 amide bonds. The van der Waals surface area contributed by atoms with Gasteiger partial charge in [-0.05, 0) is 30.7 Å². The van der Waals surface area contributed by atoms with Crippen LogP contribution >= 0.6 is 0 Å². The molecule has 2 atom stereocenters. The van der Waals surface area contributed by atoms with Crippen LogP contribution in [0, 0.1) is 5.92 Å². The molecule has 1 N–H and O–H groups in total. The number of amides is 1. The molecular weight excluding hydrogens is 357 g/mol. The van der Waals surface area contributed by atoms with Crippen LogP contribution in [0.1, 0.15) is 44.1 Å². The number of hydrogen-bond acceptors (Lipinski definition) is 4. The number of hydrogen-bond donors (Lipinski definition) is 1. The van der Waals surface area contributed by atoms with E-state index in [1.165, 1.54) is 0 Å². The summed E-state index contributed by atoms with van der Waals surface area (Å²) in [6, 6.07) is 9.95. The fourth-order valence-electron chi connectivity index (χ4n) is 3.23. The van der Waals surface area contributed by atoms with Crippen molar-refractivity contribution in [3.8, 4) is 0 Å². The molecule has 1 aliphatic rings. The summed E-state index contributed by atoms with van der Waals surface area (Å²) in [7, 11) is 0. The molecule has 0 radical (unpaired) electrons. The van der Waals surface area contributed by atoms with E-state index in [0.717, 1.165) is 31.2 Å². The van der Waals surface area contributed by atoms with Gasteiger partial charge in [-0.3, -0.25) is 4.79 Å². The second kappa shape index (κ2) is 12.8. The summed E-state index contributed by atoms with van der Waals surface area (Å²) in [4.78, 5) is 25.3. The van der Waals surface area contributed by atoms with E-state index in [9.17, 15) is 19.8 Å². The van der Waals surface area contributed by atoms with Crippen LogP contribution in [0.25, 0.3) is 6.08 Å². The Morgan fingerprint density at radius 3 is 2.58 bits per heavy atom. The number of aliphatic carboxylic acids is 1. The molecule has 26 heavy (non-hydrogen) atoms. The number of carbonyl (C=O) groups is 2. The smallest absolute Gasteiger partial charge is 0.550 e. The van der Waals surface area contributed by atoms with Gasteiger partial charge in [-0.2, -0.15) is 0 Å². The Balaban J connectivity index is 0.00000338. The van der Waals surface area contributed by atoms with Gasteiger partial charge in [0.05, 0.1) is 6.04 Å². The summed E-state index contributed by atoms with van der Waals surface area (Å²) in [6.07, 6.45) is 7.84. The molecule has 2 rings (SSSR count). The number of aliphatic hydroxyl groups is 1. The van der Waals surface area contributed by atoms with Crippen molar-refractivity contribution in [2.45, 2.75) is 44.6 Å². The van der Waals surface area contributed by atoms with E-state index in [1.807, 2.05) is 41.3 Å². The number of nitrogens with zero attached hydrogens (tertiary/aromatic N) is 1. The van der Waals surface area contributed by atoms with Crippen molar-refractivity contribution in [1.82, 2.24) is 4.90 Å². The Morgan fingerprint density at radius 2 is 1.92 bits per heavy atom. The molecule has 1 heterocycles. The molecule has 0 saturated carbocycles. The summed E-state index contributed by atoms with van der Waals surface area (Å²) in [5.74, 6) is -1.91. The zero-order valence-corrected chi connectivity index (χ0v) is 18.6. The second-order valence-corrected chi connectivity index (χ2v) is 6.60. The van der Waals surface area contributed by atoms with Crippen LogP contribution in [-0.4, -0.2) is 41.1 Å². The quantitative estimate of drug-likeness (QED) is 0.588. The largest absolute Gasteiger partial charge is 1.00 e. The maximum atomic E-state index is 12.7. The molecule has 136 valence electrons. The molecule has 1 saturated heterocycles. The van der Waals surface area contributed by atoms with Crippen LogP contribution in [0.5, 0.6) is 0 Å². The number of carboxylic acids is 1. The van der Waals surface area contributed by atoms with E-state index in [0.29, 0.717) is 6.54 Å². The van der Waals surface area contributed by atoms with Crippen molar-refractivity contribution >= 4 is 18.0 Å². The number of likely N-dealkylation sites (tertiary alicyclic amines) is 1. The van der Waals surface area contributed by atoms with E-state index in [-0.39, 0.29) is 82.8 Å². The van der Waals surface area contributed by atoms with Crippen molar-refractivity contribution in [3.05, 3.63) is 42.0 Å². The number of rotatable bonds is 7. The van der Waals surface area contributed by atoms with E-state index in [1.54, 1.807) is 0 Å². The predicted octanol–water partition coefficient (Wildman–Crippen LogP) is -1.39. The van der Waals surface area contributed by atoms with Crippen LogP contribution in [-0.2, 0) is 9.59 Å². The van der Waals surface area contributed by atoms with Crippen molar-refractivity contribution in [2.24, 2.45) is 5.92 Å². The Labute approximate surface area is 197 Å². The number of carboxylic acid groups (broad SMARTS) is 1. The zero-order chi connectivity index (χ0) is 18.1. The first kappa shape index (κ1) is 23.5. The average Bonchev–Trinajstić information content (AvgIpc) is 2.85. The minimum atomic E-state index is -1.23. The Bertz CT molecular complexity index is 591. The van der Waals surface area contributed by atoms with Gasteiger partial charge in [0, 0.05) is 25.5 Å². The van der Waals surface area contributed by atoms with Gasteiger partial charge in [-0.25, -0.2) is 0 Å². The SMILES string of the molecule is O=C([O-])CC(CO)CC(=O)N1CCCCCC1/C=C/c1ccccc1.[K+]. The molecule has 1 fully saturated rings. The topological polar surface area (TPSA) is 80.7 Å². The van der Waals surface area contributed by atoms with Crippen molar-refractivity contribution < 1.29 is 71.2 Å². The predicted molar refractivity (Wildman–Crippen MR) is 94.3 cm³/mol. The minimum absolute atomic E-state index is 0. The van der Waals surface area contributed by atoms with E-state index < -0.39 is 11.9 Å². The van der Waals surface area contributed by atoms with Gasteiger partial charge in [0.25, 0.3) is 0 Å². The monoisotopic (exact) mass is 383 g/mol. The van der Waals surface area contributed by atoms with Crippen LogP contribution in [0.3, 0.4) is 0 Å². The fraction of sp³-hybridized carbons (Fsp3) is 0.500. The first-order chi connectivity index (χ1) is 12.1. The fourth-order valence-corrected chi connectivity index (χ4v) is 3.23. The first-order valence-electron chi connectivity index (χ1n) is 8.93. The van der Waals surface area contributed by atoms with E-state index >= 15 is 0 Å². The van der Waals surface area contributed by atoms with Crippen LogP contribution in [0.15, 0.2) is 36.4 Å². The molecule has 0 aliphatic carbocycles. The molecule has 0 aromatic heterocycles. The van der Waals surface area contributed by atoms with Gasteiger partial charge >= 0.3 is 51.4 Å². The molecule has 1 aliphatic heterocycles. The average molecular weight is 384 g/mol. The molecule has 5 nitrogen and oxygen atoms in total. The van der Waals surface area contributed by atoms with Gasteiger partial charge in [0.2, 0.25) is 5.91 Å². The van der Waals surface area contributed by atoms with Crippen LogP contribution in [0.2, 0.25) is 0 Å². The van der Waals surface area contributed by atoms with Crippen molar-refractivity contribution in [3.63, 3.8) is 0 Å². The summed E-state index contributed by atoms with van der Waals surface area (Å²) >= 11 is 0. The van der Waals surface area contributed by atoms with Gasteiger partial charge in [-0.1, -0.05) is 55.3 Å². The third-order valence-electron chi connectivity index (χ3n) is 4.61. The molecule has 6 heteroatoms. The second-order valence-electron chi connectivity index (χ2n) is 6.60. The van der Waals surface area contributed by atoms with Crippen molar-refractivity contribution in [1.29, 1.82) is 0 Å². The number of benzene rings is 1. The van der Waals surface area contributed by atoms with Gasteiger partial charge < -0.3 is 19.9 Å². The third kappa shape index (κ3) is 8.02. The van der Waals surface area contributed by atoms with E-state index in [4.69, 9.17) is 0 Å². The molecule has 2 unspecified atom stereocenters. The first-order valence-corrected chi connectivity index (χ1v) is 8.93. The maximum absolute atomic E-state index is 12.7. The molecular formula is C20H26KNO4. The molecule has 1 aromatic carbocycles. The third-order valence-corrected chi connectivity index (χ3v) is 4.61. The van der Waals surface area contributed by atoms with E-state index in [2.05, 4.69) is 6.08 Å². The van der Waals surface area contributed by atoms with Gasteiger partial charge in [0.15, 0.2) is 0 Å². The molecule has 0 spiro atoms. The number of aliphatic hydroxyl groups excluding tert-OH is 1. The molecule has 1 aromatic rings. The summed E-state index contributed by atoms with van der Waals surface area (Å²) in [5.41, 5.74) is 1.09. The summed E-state index contributed by atoms with van der Waals surface area (Å²) in [5, 5.41) is 20.1. The molecule has 0 bridgehead atoms. The standard InChI is InChI=1S/C20H27NO4.K/c22-15-17(14-20(24)25)13-19(23)21-12-6-2-5-9-18(21)11-10-16-7-3-1-4-8-16;/h1,3-4,7-8,10-11,17-18,22H,2,5-6,9,12-15H2,(H,24,25);/q;+1/p-1/b11-10+;. The summed E-state index contributed by atoms with van der Waals surface area (Å²) < 4.78 is 0. The van der Waals surface area contributed by atoms with Crippen LogP contribution in [0.4, 0.5) is 0 Å².